The molecule has 0 bridgehead atoms. The number of ether oxygens (including phenoxy) is 2. The van der Waals surface area contributed by atoms with Gasteiger partial charge in [-0.2, -0.15) is 0 Å². The summed E-state index contributed by atoms with van der Waals surface area (Å²) in [5, 5.41) is 54.9. The molecular weight excluding hydrogens is 971 g/mol. The Balaban J connectivity index is 2.11. The summed E-state index contributed by atoms with van der Waals surface area (Å²) in [5.74, 6) is -0.137. The summed E-state index contributed by atoms with van der Waals surface area (Å²) < 4.78 is 11.4. The Labute approximate surface area is 483 Å². The van der Waals surface area contributed by atoms with Crippen LogP contribution in [0.2, 0.25) is 0 Å². The number of unbranched alkanes of at least 4 members (excludes halogenated alkanes) is 47. The van der Waals surface area contributed by atoms with Gasteiger partial charge in [-0.3, -0.25) is 4.79 Å². The van der Waals surface area contributed by atoms with Gasteiger partial charge in [-0.1, -0.05) is 327 Å². The zero-order valence-electron chi connectivity index (χ0n) is 51.7. The van der Waals surface area contributed by atoms with Crippen molar-refractivity contribution in [2.24, 2.45) is 0 Å². The van der Waals surface area contributed by atoms with Crippen molar-refractivity contribution in [1.82, 2.24) is 5.32 Å². The van der Waals surface area contributed by atoms with Gasteiger partial charge in [-0.05, 0) is 44.9 Å². The first-order chi connectivity index (χ1) is 38.3. The van der Waals surface area contributed by atoms with E-state index in [2.05, 4.69) is 43.5 Å². The smallest absolute Gasteiger partial charge is 0.220 e. The maximum absolute atomic E-state index is 13.1. The Morgan fingerprint density at radius 2 is 0.756 bits per heavy atom. The molecule has 0 saturated carbocycles. The fourth-order valence-electron chi connectivity index (χ4n) is 11.4. The van der Waals surface area contributed by atoms with Crippen LogP contribution < -0.4 is 5.32 Å². The first kappa shape index (κ1) is 74.7. The topological polar surface area (TPSA) is 149 Å². The second-order valence-electron chi connectivity index (χ2n) is 24.3. The van der Waals surface area contributed by atoms with E-state index < -0.39 is 49.5 Å². The van der Waals surface area contributed by atoms with E-state index in [-0.39, 0.29) is 12.5 Å². The second-order valence-corrected chi connectivity index (χ2v) is 24.3. The Morgan fingerprint density at radius 1 is 0.436 bits per heavy atom. The Kier molecular flexibility index (Phi) is 56.3. The molecule has 0 radical (unpaired) electrons. The van der Waals surface area contributed by atoms with Crippen LogP contribution in [0.5, 0.6) is 0 Å². The number of hydrogen-bond acceptors (Lipinski definition) is 8. The highest BCUT2D eigenvalue weighted by Crippen LogP contribution is 2.24. The number of carbonyl (C=O) groups is 1. The van der Waals surface area contributed by atoms with Crippen LogP contribution in [0.1, 0.15) is 354 Å². The highest BCUT2D eigenvalue weighted by Gasteiger charge is 2.44. The van der Waals surface area contributed by atoms with Crippen molar-refractivity contribution in [1.29, 1.82) is 0 Å². The Morgan fingerprint density at radius 3 is 1.10 bits per heavy atom. The van der Waals surface area contributed by atoms with Gasteiger partial charge in [-0.15, -0.1) is 0 Å². The van der Waals surface area contributed by atoms with E-state index in [0.717, 1.165) is 44.9 Å². The molecule has 0 aromatic heterocycles. The second kappa shape index (κ2) is 58.9. The molecular formula is C69H133NO8. The Bertz CT molecular complexity index is 1280. The molecule has 0 aromatic carbocycles. The highest BCUT2D eigenvalue weighted by atomic mass is 16.7. The van der Waals surface area contributed by atoms with E-state index in [1.54, 1.807) is 0 Å². The van der Waals surface area contributed by atoms with Gasteiger partial charge in [0.05, 0.1) is 25.4 Å². The molecule has 0 aromatic rings. The molecule has 1 heterocycles. The number of rotatable bonds is 61. The number of allylic oxidation sites excluding steroid dienone is 4. The van der Waals surface area contributed by atoms with Crippen LogP contribution in [0.15, 0.2) is 24.3 Å². The van der Waals surface area contributed by atoms with Crippen molar-refractivity contribution in [2.75, 3.05) is 13.2 Å². The average Bonchev–Trinajstić information content (AvgIpc) is 3.45. The average molecular weight is 1100 g/mol. The molecule has 1 aliphatic rings. The third-order valence-electron chi connectivity index (χ3n) is 16.8. The van der Waals surface area contributed by atoms with Crippen LogP contribution in [0.25, 0.3) is 0 Å². The molecule has 1 amide bonds. The molecule has 9 nitrogen and oxygen atoms in total. The van der Waals surface area contributed by atoms with Crippen molar-refractivity contribution in [3.63, 3.8) is 0 Å². The summed E-state index contributed by atoms with van der Waals surface area (Å²) in [6.45, 7) is 3.88. The SMILES string of the molecule is CCCCCCC/C=C\C/C=C\CCCCCCCCCCCCCCCCCCCC(=O)NC(COC1OC(CO)C(O)C(O)C1O)C(O)CCCCCCCCCCCCCCCCCCCCCCCCCCCC. The van der Waals surface area contributed by atoms with Gasteiger partial charge < -0.3 is 40.3 Å². The van der Waals surface area contributed by atoms with Gasteiger partial charge >= 0.3 is 0 Å². The quantitative estimate of drug-likeness (QED) is 0.0261. The van der Waals surface area contributed by atoms with E-state index in [1.807, 2.05) is 0 Å². The molecule has 78 heavy (non-hydrogen) atoms. The number of nitrogens with one attached hydrogen (secondary N) is 1. The molecule has 6 N–H and O–H groups in total. The van der Waals surface area contributed by atoms with Crippen molar-refractivity contribution >= 4 is 5.91 Å². The molecule has 1 rings (SSSR count). The third kappa shape index (κ3) is 47.2. The van der Waals surface area contributed by atoms with E-state index in [4.69, 9.17) is 9.47 Å². The minimum absolute atomic E-state index is 0.133. The normalized spacial score (nSPS) is 18.7. The zero-order valence-corrected chi connectivity index (χ0v) is 51.7. The van der Waals surface area contributed by atoms with Crippen LogP contribution in [0.4, 0.5) is 0 Å². The highest BCUT2D eigenvalue weighted by molar-refractivity contribution is 5.76. The molecule has 0 spiro atoms. The van der Waals surface area contributed by atoms with Gasteiger partial charge in [0.25, 0.3) is 0 Å². The number of aliphatic hydroxyl groups is 5. The third-order valence-corrected chi connectivity index (χ3v) is 16.8. The van der Waals surface area contributed by atoms with Gasteiger partial charge in [-0.25, -0.2) is 0 Å². The van der Waals surface area contributed by atoms with Crippen LogP contribution in [0, 0.1) is 0 Å². The van der Waals surface area contributed by atoms with E-state index >= 15 is 0 Å². The lowest BCUT2D eigenvalue weighted by Gasteiger charge is -2.40. The molecule has 0 aliphatic carbocycles. The predicted molar refractivity (Wildman–Crippen MR) is 332 cm³/mol. The predicted octanol–water partition coefficient (Wildman–Crippen LogP) is 18.5. The summed E-state index contributed by atoms with van der Waals surface area (Å²) in [6, 6.07) is -0.718. The van der Waals surface area contributed by atoms with Gasteiger partial charge in [0.2, 0.25) is 5.91 Å². The number of hydrogen-bond donors (Lipinski definition) is 6. The first-order valence-corrected chi connectivity index (χ1v) is 34.5. The van der Waals surface area contributed by atoms with Crippen molar-refractivity contribution in [2.45, 2.75) is 397 Å². The zero-order chi connectivity index (χ0) is 56.5. The fraction of sp³-hybridized carbons (Fsp3) is 0.928. The molecule has 7 atom stereocenters. The maximum atomic E-state index is 13.1. The molecule has 1 aliphatic heterocycles. The number of carbonyl (C=O) groups excluding carboxylic acids is 1. The fourth-order valence-corrected chi connectivity index (χ4v) is 11.4. The van der Waals surface area contributed by atoms with Crippen molar-refractivity contribution in [3.8, 4) is 0 Å². The largest absolute Gasteiger partial charge is 0.394 e. The molecule has 1 fully saturated rings. The Hall–Kier alpha value is -1.33. The summed E-state index contributed by atoms with van der Waals surface area (Å²) in [4.78, 5) is 13.1. The summed E-state index contributed by atoms with van der Waals surface area (Å²) in [6.07, 6.45) is 69.5. The van der Waals surface area contributed by atoms with Crippen LogP contribution in [0.3, 0.4) is 0 Å². The van der Waals surface area contributed by atoms with Crippen LogP contribution in [-0.4, -0.2) is 87.5 Å². The van der Waals surface area contributed by atoms with Gasteiger partial charge in [0.1, 0.15) is 24.4 Å². The van der Waals surface area contributed by atoms with E-state index in [9.17, 15) is 30.3 Å². The number of amides is 1. The number of aliphatic hydroxyl groups excluding tert-OH is 5. The minimum Gasteiger partial charge on any atom is -0.394 e. The van der Waals surface area contributed by atoms with E-state index in [0.29, 0.717) is 12.8 Å². The first-order valence-electron chi connectivity index (χ1n) is 34.5. The summed E-state index contributed by atoms with van der Waals surface area (Å²) in [5.41, 5.74) is 0. The minimum atomic E-state index is -1.55. The molecule has 462 valence electrons. The van der Waals surface area contributed by atoms with Crippen LogP contribution >= 0.6 is 0 Å². The van der Waals surface area contributed by atoms with Crippen molar-refractivity contribution < 1.29 is 39.8 Å². The van der Waals surface area contributed by atoms with Gasteiger partial charge in [0.15, 0.2) is 6.29 Å². The molecule has 9 heteroatoms. The standard InChI is InChI=1S/C69H133NO8/c1-3-5-7-9-11-13-15-17-19-21-23-25-27-29-31-32-33-35-37-39-41-43-45-47-49-51-53-55-57-59-65(73)70-62(61-77-69-68(76)67(75)66(74)64(60-71)78-69)63(72)58-56-54-52-50-48-46-44-42-40-38-36-34-30-28-26-24-22-20-18-16-14-12-10-8-6-4-2/h15,17,21,23,62-64,66-69,71-72,74-76H,3-14,16,18-20,22,24-61H2,1-2H3,(H,70,73)/b17-15-,23-21-. The monoisotopic (exact) mass is 1100 g/mol. The molecule has 1 saturated heterocycles. The van der Waals surface area contributed by atoms with Crippen LogP contribution in [-0.2, 0) is 14.3 Å². The summed E-state index contributed by atoms with van der Waals surface area (Å²) in [7, 11) is 0. The van der Waals surface area contributed by atoms with Gasteiger partial charge in [0, 0.05) is 6.42 Å². The van der Waals surface area contributed by atoms with Crippen molar-refractivity contribution in [3.05, 3.63) is 24.3 Å². The maximum Gasteiger partial charge on any atom is 0.220 e. The molecule has 7 unspecified atom stereocenters. The lowest BCUT2D eigenvalue weighted by molar-refractivity contribution is -0.302. The summed E-state index contributed by atoms with van der Waals surface area (Å²) >= 11 is 0. The van der Waals surface area contributed by atoms with E-state index in [1.165, 1.54) is 283 Å². The lowest BCUT2D eigenvalue weighted by Crippen LogP contribution is -2.60. The lowest BCUT2D eigenvalue weighted by atomic mass is 9.99.